The lowest BCUT2D eigenvalue weighted by atomic mass is 10.1. The second-order valence-corrected chi connectivity index (χ2v) is 6.79. The second kappa shape index (κ2) is 6.93. The van der Waals surface area contributed by atoms with E-state index >= 15 is 0 Å². The Kier molecular flexibility index (Phi) is 4.46. The highest BCUT2D eigenvalue weighted by molar-refractivity contribution is 6.30. The monoisotopic (exact) mass is 378 g/mol. The summed E-state index contributed by atoms with van der Waals surface area (Å²) in [5.74, 6) is 1.63. The van der Waals surface area contributed by atoms with E-state index in [4.69, 9.17) is 21.4 Å². The third-order valence-electron chi connectivity index (χ3n) is 4.41. The highest BCUT2D eigenvalue weighted by Crippen LogP contribution is 2.29. The summed E-state index contributed by atoms with van der Waals surface area (Å²) >= 11 is 6.02. The summed E-state index contributed by atoms with van der Waals surface area (Å²) in [7, 11) is 1.66. The minimum absolute atomic E-state index is 0.703. The molecular weight excluding hydrogens is 360 g/mol. The van der Waals surface area contributed by atoms with Gasteiger partial charge in [0.15, 0.2) is 5.65 Å². The Labute approximate surface area is 162 Å². The lowest BCUT2D eigenvalue weighted by Gasteiger charge is -2.10. The number of aryl methyl sites for hydroxylation is 2. The van der Waals surface area contributed by atoms with E-state index in [-0.39, 0.29) is 0 Å². The van der Waals surface area contributed by atoms with E-state index in [9.17, 15) is 0 Å². The molecule has 0 aliphatic heterocycles. The molecule has 4 aromatic rings. The zero-order valence-electron chi connectivity index (χ0n) is 15.3. The minimum Gasteiger partial charge on any atom is -0.497 e. The van der Waals surface area contributed by atoms with E-state index < -0.39 is 0 Å². The number of ether oxygens (including phenoxy) is 1. The van der Waals surface area contributed by atoms with Gasteiger partial charge < -0.3 is 10.1 Å². The van der Waals surface area contributed by atoms with Gasteiger partial charge in [-0.15, -0.1) is 0 Å². The number of hydrogen-bond donors (Lipinski definition) is 1. The van der Waals surface area contributed by atoms with Crippen molar-refractivity contribution in [3.05, 3.63) is 70.9 Å². The maximum atomic E-state index is 6.02. The Morgan fingerprint density at radius 3 is 2.56 bits per heavy atom. The van der Waals surface area contributed by atoms with Crippen LogP contribution in [0, 0.1) is 13.8 Å². The Morgan fingerprint density at radius 2 is 1.81 bits per heavy atom. The molecule has 2 aromatic carbocycles. The first-order chi connectivity index (χ1) is 13.0. The Morgan fingerprint density at radius 1 is 1.04 bits per heavy atom. The number of fused-ring (bicyclic) bond motifs is 1. The predicted molar refractivity (Wildman–Crippen MR) is 109 cm³/mol. The summed E-state index contributed by atoms with van der Waals surface area (Å²) in [6.45, 7) is 4.01. The van der Waals surface area contributed by atoms with E-state index in [1.54, 1.807) is 7.11 Å². The van der Waals surface area contributed by atoms with E-state index in [0.717, 1.165) is 45.4 Å². The Balaban J connectivity index is 1.83. The van der Waals surface area contributed by atoms with Gasteiger partial charge in [0.2, 0.25) is 0 Å². The van der Waals surface area contributed by atoms with Crippen LogP contribution in [0.25, 0.3) is 16.9 Å². The van der Waals surface area contributed by atoms with Crippen LogP contribution in [0.15, 0.2) is 54.6 Å². The zero-order valence-corrected chi connectivity index (χ0v) is 16.1. The van der Waals surface area contributed by atoms with Crippen LogP contribution >= 0.6 is 11.6 Å². The SMILES string of the molecule is COc1cccc(Nc2cc(C)nc3c(C)c(-c4ccc(Cl)cc4)nn23)c1. The van der Waals surface area contributed by atoms with Gasteiger partial charge in [0.05, 0.1) is 12.8 Å². The number of methoxy groups -OCH3 is 1. The molecule has 0 bridgehead atoms. The first-order valence-corrected chi connectivity index (χ1v) is 8.97. The van der Waals surface area contributed by atoms with Crippen molar-refractivity contribution in [3.63, 3.8) is 0 Å². The molecule has 0 saturated carbocycles. The van der Waals surface area contributed by atoms with Gasteiger partial charge in [-0.2, -0.15) is 9.61 Å². The topological polar surface area (TPSA) is 51.5 Å². The molecule has 0 aliphatic rings. The molecule has 2 aromatic heterocycles. The lowest BCUT2D eigenvalue weighted by molar-refractivity contribution is 0.415. The standard InChI is InChI=1S/C21H19ClN4O/c1-13-11-19(24-17-5-4-6-18(12-17)27-3)26-21(23-13)14(2)20(25-26)15-7-9-16(22)10-8-15/h4-12,24H,1-3H3. The molecule has 6 heteroatoms. The van der Waals surface area contributed by atoms with E-state index in [1.165, 1.54) is 0 Å². The Bertz CT molecular complexity index is 1120. The maximum Gasteiger partial charge on any atom is 0.161 e. The largest absolute Gasteiger partial charge is 0.497 e. The normalized spacial score (nSPS) is 11.0. The number of anilines is 2. The third-order valence-corrected chi connectivity index (χ3v) is 4.66. The van der Waals surface area contributed by atoms with Gasteiger partial charge in [0.1, 0.15) is 11.6 Å². The first-order valence-electron chi connectivity index (χ1n) is 8.59. The number of benzene rings is 2. The summed E-state index contributed by atoms with van der Waals surface area (Å²) < 4.78 is 7.15. The van der Waals surface area contributed by atoms with Gasteiger partial charge in [-0.25, -0.2) is 4.98 Å². The van der Waals surface area contributed by atoms with Gasteiger partial charge in [-0.1, -0.05) is 29.8 Å². The molecule has 0 amide bonds. The molecule has 27 heavy (non-hydrogen) atoms. The Hall–Kier alpha value is -3.05. The van der Waals surface area contributed by atoms with Crippen molar-refractivity contribution >= 4 is 28.8 Å². The van der Waals surface area contributed by atoms with Crippen LogP contribution in [0.3, 0.4) is 0 Å². The van der Waals surface area contributed by atoms with Gasteiger partial charge in [-0.3, -0.25) is 0 Å². The summed E-state index contributed by atoms with van der Waals surface area (Å²) in [5.41, 5.74) is 5.58. The van der Waals surface area contributed by atoms with E-state index in [0.29, 0.717) is 5.02 Å². The quantitative estimate of drug-likeness (QED) is 0.515. The molecule has 0 unspecified atom stereocenters. The number of aromatic nitrogens is 3. The highest BCUT2D eigenvalue weighted by atomic mass is 35.5. The smallest absolute Gasteiger partial charge is 0.161 e. The number of nitrogens with zero attached hydrogens (tertiary/aromatic N) is 3. The molecular formula is C21H19ClN4O. The predicted octanol–water partition coefficient (Wildman–Crippen LogP) is 5.42. The summed E-state index contributed by atoms with van der Waals surface area (Å²) in [6.07, 6.45) is 0. The molecule has 0 aliphatic carbocycles. The van der Waals surface area contributed by atoms with Gasteiger partial charge in [0, 0.05) is 39.7 Å². The van der Waals surface area contributed by atoms with Crippen LogP contribution in [0.1, 0.15) is 11.3 Å². The maximum absolute atomic E-state index is 6.02. The number of halogens is 1. The number of nitrogens with one attached hydrogen (secondary N) is 1. The number of rotatable bonds is 4. The molecule has 0 atom stereocenters. The van der Waals surface area contributed by atoms with E-state index in [2.05, 4.69) is 10.3 Å². The van der Waals surface area contributed by atoms with Crippen LogP contribution < -0.4 is 10.1 Å². The molecule has 0 fully saturated rings. The average Bonchev–Trinajstić information content (AvgIpc) is 2.99. The van der Waals surface area contributed by atoms with Crippen molar-refractivity contribution in [3.8, 4) is 17.0 Å². The zero-order chi connectivity index (χ0) is 19.0. The van der Waals surface area contributed by atoms with Crippen LogP contribution in [0.4, 0.5) is 11.5 Å². The molecule has 0 saturated heterocycles. The summed E-state index contributed by atoms with van der Waals surface area (Å²) in [5, 5.41) is 8.94. The van der Waals surface area contributed by atoms with Crippen LogP contribution in [0.5, 0.6) is 5.75 Å². The molecule has 0 spiro atoms. The van der Waals surface area contributed by atoms with Gasteiger partial charge in [0.25, 0.3) is 0 Å². The van der Waals surface area contributed by atoms with Crippen molar-refractivity contribution in [1.29, 1.82) is 0 Å². The fourth-order valence-corrected chi connectivity index (χ4v) is 3.19. The molecule has 0 radical (unpaired) electrons. The van der Waals surface area contributed by atoms with Gasteiger partial charge in [-0.05, 0) is 38.1 Å². The van der Waals surface area contributed by atoms with Crippen LogP contribution in [-0.4, -0.2) is 21.7 Å². The summed E-state index contributed by atoms with van der Waals surface area (Å²) in [6, 6.07) is 17.4. The first kappa shape index (κ1) is 17.4. The molecule has 1 N–H and O–H groups in total. The lowest BCUT2D eigenvalue weighted by Crippen LogP contribution is -2.02. The molecule has 4 rings (SSSR count). The number of hydrogen-bond acceptors (Lipinski definition) is 4. The fraction of sp³-hybridized carbons (Fsp3) is 0.143. The van der Waals surface area contributed by atoms with Crippen molar-refractivity contribution in [2.24, 2.45) is 0 Å². The average molecular weight is 379 g/mol. The molecule has 5 nitrogen and oxygen atoms in total. The minimum atomic E-state index is 0.703. The van der Waals surface area contributed by atoms with Crippen molar-refractivity contribution < 1.29 is 4.74 Å². The second-order valence-electron chi connectivity index (χ2n) is 6.36. The summed E-state index contributed by atoms with van der Waals surface area (Å²) in [4.78, 5) is 4.68. The van der Waals surface area contributed by atoms with Gasteiger partial charge >= 0.3 is 0 Å². The van der Waals surface area contributed by atoms with E-state index in [1.807, 2.05) is 73.0 Å². The van der Waals surface area contributed by atoms with Crippen LogP contribution in [-0.2, 0) is 0 Å². The van der Waals surface area contributed by atoms with Crippen molar-refractivity contribution in [1.82, 2.24) is 14.6 Å². The molecule has 2 heterocycles. The fourth-order valence-electron chi connectivity index (χ4n) is 3.06. The molecule has 136 valence electrons. The third kappa shape index (κ3) is 3.34. The van der Waals surface area contributed by atoms with Crippen molar-refractivity contribution in [2.45, 2.75) is 13.8 Å². The van der Waals surface area contributed by atoms with Crippen molar-refractivity contribution in [2.75, 3.05) is 12.4 Å². The van der Waals surface area contributed by atoms with Crippen LogP contribution in [0.2, 0.25) is 5.02 Å². The highest BCUT2D eigenvalue weighted by Gasteiger charge is 2.15.